The van der Waals surface area contributed by atoms with Crippen LogP contribution in [0, 0.1) is 0 Å². The van der Waals surface area contributed by atoms with Crippen LogP contribution in [0.1, 0.15) is 11.1 Å². The van der Waals surface area contributed by atoms with E-state index >= 15 is 0 Å². The Morgan fingerprint density at radius 2 is 2.42 bits per heavy atom. The summed E-state index contributed by atoms with van der Waals surface area (Å²) in [5.74, 6) is 1.77. The topological polar surface area (TPSA) is 61.5 Å². The molecule has 19 heavy (non-hydrogen) atoms. The van der Waals surface area contributed by atoms with Crippen LogP contribution in [0.5, 0.6) is 5.75 Å². The predicted octanol–water partition coefficient (Wildman–Crippen LogP) is 2.01. The van der Waals surface area contributed by atoms with Gasteiger partial charge in [-0.05, 0) is 17.7 Å². The molecule has 4 nitrogen and oxygen atoms in total. The van der Waals surface area contributed by atoms with Gasteiger partial charge in [0.1, 0.15) is 11.8 Å². The van der Waals surface area contributed by atoms with Crippen LogP contribution in [0.2, 0.25) is 5.02 Å². The van der Waals surface area contributed by atoms with E-state index in [4.69, 9.17) is 22.1 Å². The molecular weight excluding hydrogens is 286 g/mol. The lowest BCUT2D eigenvalue weighted by Gasteiger charge is -2.11. The fraction of sp³-hybridized carbons (Fsp3) is 0.462. The number of benzene rings is 1. The molecule has 1 aliphatic heterocycles. The molecule has 1 aromatic carbocycles. The predicted molar refractivity (Wildman–Crippen MR) is 76.8 cm³/mol. The van der Waals surface area contributed by atoms with Crippen LogP contribution in [-0.4, -0.2) is 31.5 Å². The van der Waals surface area contributed by atoms with Gasteiger partial charge in [-0.1, -0.05) is 11.6 Å². The molecule has 0 fully saturated rings. The second-order valence-corrected chi connectivity index (χ2v) is 5.76. The van der Waals surface area contributed by atoms with Gasteiger partial charge < -0.3 is 15.2 Å². The zero-order valence-corrected chi connectivity index (χ0v) is 12.2. The first-order valence-corrected chi connectivity index (χ1v) is 7.50. The van der Waals surface area contributed by atoms with Crippen molar-refractivity contribution in [2.45, 2.75) is 18.2 Å². The van der Waals surface area contributed by atoms with Crippen molar-refractivity contribution in [3.8, 4) is 5.75 Å². The number of esters is 1. The van der Waals surface area contributed by atoms with Crippen molar-refractivity contribution in [1.82, 2.24) is 0 Å². The largest absolute Gasteiger partial charge is 0.493 e. The van der Waals surface area contributed by atoms with Gasteiger partial charge in [-0.3, -0.25) is 4.79 Å². The first kappa shape index (κ1) is 14.5. The van der Waals surface area contributed by atoms with Crippen molar-refractivity contribution >= 4 is 29.3 Å². The highest BCUT2D eigenvalue weighted by Gasteiger charge is 2.18. The SMILES string of the molecule is COC(=O)C(N)CSCc1cc(Cl)cc2c1OCC2. The molecule has 0 aliphatic carbocycles. The molecule has 1 atom stereocenters. The van der Waals surface area contributed by atoms with Gasteiger partial charge in [-0.15, -0.1) is 0 Å². The molecule has 1 aromatic rings. The highest BCUT2D eigenvalue weighted by molar-refractivity contribution is 7.98. The number of thioether (sulfide) groups is 1. The first-order chi connectivity index (χ1) is 9.11. The number of hydrogen-bond acceptors (Lipinski definition) is 5. The van der Waals surface area contributed by atoms with Crippen LogP contribution >= 0.6 is 23.4 Å². The number of fused-ring (bicyclic) bond motifs is 1. The fourth-order valence-electron chi connectivity index (χ4n) is 1.97. The summed E-state index contributed by atoms with van der Waals surface area (Å²) in [7, 11) is 1.34. The standard InChI is InChI=1S/C13H16ClNO3S/c1-17-13(16)11(15)7-19-6-9-5-10(14)4-8-2-3-18-12(8)9/h4-5,11H,2-3,6-7,15H2,1H3. The van der Waals surface area contributed by atoms with Crippen molar-refractivity contribution in [1.29, 1.82) is 0 Å². The molecule has 0 amide bonds. The Morgan fingerprint density at radius 1 is 1.63 bits per heavy atom. The van der Waals surface area contributed by atoms with E-state index in [1.165, 1.54) is 7.11 Å². The van der Waals surface area contributed by atoms with Gasteiger partial charge in [-0.25, -0.2) is 0 Å². The van der Waals surface area contributed by atoms with Gasteiger partial charge in [0.2, 0.25) is 0 Å². The highest BCUT2D eigenvalue weighted by Crippen LogP contribution is 2.34. The van der Waals surface area contributed by atoms with Gasteiger partial charge in [-0.2, -0.15) is 11.8 Å². The van der Waals surface area contributed by atoms with Crippen molar-refractivity contribution in [2.75, 3.05) is 19.5 Å². The van der Waals surface area contributed by atoms with E-state index in [9.17, 15) is 4.79 Å². The third-order valence-electron chi connectivity index (χ3n) is 2.88. The highest BCUT2D eigenvalue weighted by atomic mass is 35.5. The summed E-state index contributed by atoms with van der Waals surface area (Å²) >= 11 is 7.65. The smallest absolute Gasteiger partial charge is 0.323 e. The number of carbonyl (C=O) groups excluding carboxylic acids is 1. The van der Waals surface area contributed by atoms with Crippen LogP contribution < -0.4 is 10.5 Å². The molecular formula is C13H16ClNO3S. The van der Waals surface area contributed by atoms with E-state index in [2.05, 4.69) is 4.74 Å². The van der Waals surface area contributed by atoms with Crippen molar-refractivity contribution in [3.63, 3.8) is 0 Å². The van der Waals surface area contributed by atoms with Crippen molar-refractivity contribution in [3.05, 3.63) is 28.3 Å². The summed E-state index contributed by atoms with van der Waals surface area (Å²) in [5, 5.41) is 0.720. The Kier molecular flexibility index (Phi) is 4.96. The van der Waals surface area contributed by atoms with Gasteiger partial charge in [0.15, 0.2) is 0 Å². The van der Waals surface area contributed by atoms with E-state index < -0.39 is 6.04 Å². The number of rotatable bonds is 5. The molecule has 0 aromatic heterocycles. The van der Waals surface area contributed by atoms with E-state index in [1.807, 2.05) is 12.1 Å². The van der Waals surface area contributed by atoms with E-state index in [0.29, 0.717) is 18.1 Å². The summed E-state index contributed by atoms with van der Waals surface area (Å²) in [6.07, 6.45) is 0.898. The van der Waals surface area contributed by atoms with Crippen molar-refractivity contribution < 1.29 is 14.3 Å². The van der Waals surface area contributed by atoms with Gasteiger partial charge >= 0.3 is 5.97 Å². The Morgan fingerprint density at radius 3 is 3.16 bits per heavy atom. The molecule has 0 saturated carbocycles. The van der Waals surface area contributed by atoms with E-state index in [0.717, 1.165) is 28.3 Å². The van der Waals surface area contributed by atoms with Crippen LogP contribution in [0.3, 0.4) is 0 Å². The Hall–Kier alpha value is -0.910. The number of hydrogen-bond donors (Lipinski definition) is 1. The quantitative estimate of drug-likeness (QED) is 0.843. The average molecular weight is 302 g/mol. The van der Waals surface area contributed by atoms with E-state index in [1.54, 1.807) is 11.8 Å². The molecule has 0 radical (unpaired) electrons. The zero-order chi connectivity index (χ0) is 13.8. The number of carbonyl (C=O) groups is 1. The number of ether oxygens (including phenoxy) is 2. The van der Waals surface area contributed by atoms with Crippen LogP contribution in [-0.2, 0) is 21.7 Å². The molecule has 6 heteroatoms. The minimum absolute atomic E-state index is 0.389. The average Bonchev–Trinajstić information content (AvgIpc) is 2.85. The molecule has 2 rings (SSSR count). The molecule has 104 valence electrons. The Balaban J connectivity index is 1.95. The van der Waals surface area contributed by atoms with Crippen LogP contribution in [0.25, 0.3) is 0 Å². The summed E-state index contributed by atoms with van der Waals surface area (Å²) < 4.78 is 10.2. The third-order valence-corrected chi connectivity index (χ3v) is 4.21. The molecule has 0 spiro atoms. The lowest BCUT2D eigenvalue weighted by atomic mass is 10.1. The zero-order valence-electron chi connectivity index (χ0n) is 10.6. The number of nitrogens with two attached hydrogens (primary N) is 1. The summed E-state index contributed by atoms with van der Waals surface area (Å²) in [5.41, 5.74) is 7.89. The fourth-order valence-corrected chi connectivity index (χ4v) is 3.17. The molecule has 1 unspecified atom stereocenters. The van der Waals surface area contributed by atoms with Crippen molar-refractivity contribution in [2.24, 2.45) is 5.73 Å². The first-order valence-electron chi connectivity index (χ1n) is 5.97. The molecule has 1 heterocycles. The molecule has 0 saturated heterocycles. The minimum atomic E-state index is -0.594. The second kappa shape index (κ2) is 6.50. The second-order valence-electron chi connectivity index (χ2n) is 4.30. The maximum atomic E-state index is 11.2. The Labute approximate surface area is 121 Å². The van der Waals surface area contributed by atoms with E-state index in [-0.39, 0.29) is 5.97 Å². The third kappa shape index (κ3) is 3.55. The minimum Gasteiger partial charge on any atom is -0.493 e. The lowest BCUT2D eigenvalue weighted by molar-refractivity contribution is -0.141. The lowest BCUT2D eigenvalue weighted by Crippen LogP contribution is -2.33. The monoisotopic (exact) mass is 301 g/mol. The molecule has 0 bridgehead atoms. The van der Waals surface area contributed by atoms with Crippen LogP contribution in [0.4, 0.5) is 0 Å². The summed E-state index contributed by atoms with van der Waals surface area (Å²) in [6, 6.07) is 3.25. The number of halogens is 1. The summed E-state index contributed by atoms with van der Waals surface area (Å²) in [4.78, 5) is 11.2. The maximum Gasteiger partial charge on any atom is 0.323 e. The van der Waals surface area contributed by atoms with Gasteiger partial charge in [0, 0.05) is 28.5 Å². The van der Waals surface area contributed by atoms with Gasteiger partial charge in [0.25, 0.3) is 0 Å². The van der Waals surface area contributed by atoms with Gasteiger partial charge in [0.05, 0.1) is 13.7 Å². The maximum absolute atomic E-state index is 11.2. The normalized spacial score (nSPS) is 14.7. The number of methoxy groups -OCH3 is 1. The molecule has 1 aliphatic rings. The summed E-state index contributed by atoms with van der Waals surface area (Å²) in [6.45, 7) is 0.703. The Bertz CT molecular complexity index is 481. The molecule has 2 N–H and O–H groups in total. The van der Waals surface area contributed by atoms with Crippen LogP contribution in [0.15, 0.2) is 12.1 Å².